The molecule has 0 N–H and O–H groups in total. The van der Waals surface area contributed by atoms with Gasteiger partial charge in [-0.1, -0.05) is 18.0 Å². The van der Waals surface area contributed by atoms with Gasteiger partial charge < -0.3 is 9.26 Å². The first kappa shape index (κ1) is 13.1. The predicted octanol–water partition coefficient (Wildman–Crippen LogP) is 1.36. The van der Waals surface area contributed by atoms with E-state index in [-0.39, 0.29) is 12.1 Å². The minimum Gasteiger partial charge on any atom is -0.447 e. The number of hydrogen-bond donors (Lipinski definition) is 0. The molecule has 21 heavy (non-hydrogen) atoms. The quantitative estimate of drug-likeness (QED) is 0.837. The number of fused-ring (bicyclic) bond motifs is 1. The molecule has 0 unspecified atom stereocenters. The number of piperazine rings is 1. The van der Waals surface area contributed by atoms with E-state index in [2.05, 4.69) is 15.0 Å². The van der Waals surface area contributed by atoms with Crippen molar-refractivity contribution in [3.05, 3.63) is 11.7 Å². The van der Waals surface area contributed by atoms with Crippen LogP contribution in [0.15, 0.2) is 4.52 Å². The first-order valence-corrected chi connectivity index (χ1v) is 7.78. The Kier molecular flexibility index (Phi) is 3.29. The lowest BCUT2D eigenvalue weighted by molar-refractivity contribution is 0.113. The van der Waals surface area contributed by atoms with E-state index in [1.807, 2.05) is 4.90 Å². The van der Waals surface area contributed by atoms with E-state index in [1.54, 1.807) is 0 Å². The number of amides is 1. The van der Waals surface area contributed by atoms with Crippen LogP contribution in [-0.4, -0.2) is 58.3 Å². The summed E-state index contributed by atoms with van der Waals surface area (Å²) in [5.74, 6) is 2.03. The summed E-state index contributed by atoms with van der Waals surface area (Å²) in [5.41, 5.74) is 0. The van der Waals surface area contributed by atoms with Crippen LogP contribution in [0.4, 0.5) is 4.79 Å². The van der Waals surface area contributed by atoms with E-state index < -0.39 is 0 Å². The monoisotopic (exact) mass is 292 g/mol. The molecule has 1 aromatic heterocycles. The summed E-state index contributed by atoms with van der Waals surface area (Å²) in [7, 11) is 0. The highest BCUT2D eigenvalue weighted by atomic mass is 16.6. The fraction of sp³-hybridized carbons (Fsp3) is 0.786. The Morgan fingerprint density at radius 1 is 1.24 bits per heavy atom. The van der Waals surface area contributed by atoms with Crippen LogP contribution < -0.4 is 0 Å². The maximum absolute atomic E-state index is 11.5. The van der Waals surface area contributed by atoms with Crippen LogP contribution >= 0.6 is 0 Å². The van der Waals surface area contributed by atoms with Gasteiger partial charge in [-0.25, -0.2) is 4.79 Å². The molecule has 7 heteroatoms. The van der Waals surface area contributed by atoms with E-state index in [9.17, 15) is 4.79 Å². The molecule has 3 heterocycles. The van der Waals surface area contributed by atoms with E-state index in [4.69, 9.17) is 9.26 Å². The predicted molar refractivity (Wildman–Crippen MR) is 72.6 cm³/mol. The average molecular weight is 292 g/mol. The Morgan fingerprint density at radius 3 is 2.95 bits per heavy atom. The molecule has 0 bridgehead atoms. The van der Waals surface area contributed by atoms with Gasteiger partial charge in [-0.2, -0.15) is 4.98 Å². The van der Waals surface area contributed by atoms with Crippen molar-refractivity contribution in [2.75, 3.05) is 26.2 Å². The van der Waals surface area contributed by atoms with Gasteiger partial charge in [-0.3, -0.25) is 9.80 Å². The van der Waals surface area contributed by atoms with Crippen LogP contribution in [0.2, 0.25) is 0 Å². The van der Waals surface area contributed by atoms with Crippen molar-refractivity contribution in [2.24, 2.45) is 0 Å². The first-order valence-electron chi connectivity index (χ1n) is 7.78. The standard InChI is InChI=1S/C14H20N4O3/c19-14-18-6-5-17(7-11(18)9-20-14)8-12-15-13(21-16-12)10-3-1-2-4-10/h10-11H,1-9H2/t11-/m1/s1. The van der Waals surface area contributed by atoms with Gasteiger partial charge in [0, 0.05) is 25.6 Å². The van der Waals surface area contributed by atoms with Gasteiger partial charge in [0.25, 0.3) is 0 Å². The second kappa shape index (κ2) is 5.29. The molecule has 1 amide bonds. The molecule has 4 rings (SSSR count). The van der Waals surface area contributed by atoms with Crippen LogP contribution in [0, 0.1) is 0 Å². The number of hydrogen-bond acceptors (Lipinski definition) is 6. The van der Waals surface area contributed by atoms with Crippen LogP contribution in [-0.2, 0) is 11.3 Å². The number of rotatable bonds is 3. The summed E-state index contributed by atoms with van der Waals surface area (Å²) >= 11 is 0. The molecule has 1 saturated carbocycles. The highest BCUT2D eigenvalue weighted by molar-refractivity contribution is 5.70. The lowest BCUT2D eigenvalue weighted by Gasteiger charge is -2.34. The molecule has 2 saturated heterocycles. The normalized spacial score (nSPS) is 27.1. The smallest absolute Gasteiger partial charge is 0.410 e. The minimum atomic E-state index is -0.178. The molecule has 1 aromatic rings. The lowest BCUT2D eigenvalue weighted by Crippen LogP contribution is -2.51. The number of ether oxygens (including phenoxy) is 1. The molecule has 0 spiro atoms. The topological polar surface area (TPSA) is 71.7 Å². The third-order valence-electron chi connectivity index (χ3n) is 4.75. The average Bonchev–Trinajstić information content (AvgIpc) is 3.20. The van der Waals surface area contributed by atoms with Crippen molar-refractivity contribution in [2.45, 2.75) is 44.2 Å². The van der Waals surface area contributed by atoms with Crippen molar-refractivity contribution in [3.63, 3.8) is 0 Å². The van der Waals surface area contributed by atoms with Gasteiger partial charge in [0.05, 0.1) is 12.6 Å². The summed E-state index contributed by atoms with van der Waals surface area (Å²) in [6, 6.07) is 0.174. The highest BCUT2D eigenvalue weighted by Crippen LogP contribution is 2.33. The van der Waals surface area contributed by atoms with E-state index in [0.29, 0.717) is 19.1 Å². The zero-order valence-corrected chi connectivity index (χ0v) is 12.0. The fourth-order valence-electron chi connectivity index (χ4n) is 3.57. The molecular formula is C14H20N4O3. The highest BCUT2D eigenvalue weighted by Gasteiger charge is 2.37. The summed E-state index contributed by atoms with van der Waals surface area (Å²) < 4.78 is 10.5. The zero-order chi connectivity index (χ0) is 14.2. The third-order valence-corrected chi connectivity index (χ3v) is 4.75. The van der Waals surface area contributed by atoms with Gasteiger partial charge in [0.1, 0.15) is 6.61 Å². The molecule has 114 valence electrons. The van der Waals surface area contributed by atoms with Gasteiger partial charge in [-0.05, 0) is 12.8 Å². The zero-order valence-electron chi connectivity index (χ0n) is 12.0. The van der Waals surface area contributed by atoms with E-state index in [0.717, 1.165) is 31.3 Å². The molecule has 1 aliphatic carbocycles. The Balaban J connectivity index is 1.37. The summed E-state index contributed by atoms with van der Waals surface area (Å²) in [6.45, 7) is 3.55. The molecule has 3 fully saturated rings. The first-order chi connectivity index (χ1) is 10.3. The number of carbonyl (C=O) groups excluding carboxylic acids is 1. The van der Waals surface area contributed by atoms with Crippen molar-refractivity contribution >= 4 is 6.09 Å². The van der Waals surface area contributed by atoms with E-state index in [1.165, 1.54) is 25.7 Å². The van der Waals surface area contributed by atoms with Gasteiger partial charge in [0.2, 0.25) is 5.89 Å². The number of carbonyl (C=O) groups is 1. The third kappa shape index (κ3) is 2.50. The van der Waals surface area contributed by atoms with Gasteiger partial charge in [-0.15, -0.1) is 0 Å². The molecule has 7 nitrogen and oxygen atoms in total. The van der Waals surface area contributed by atoms with Crippen molar-refractivity contribution in [1.29, 1.82) is 0 Å². The summed E-state index contributed by atoms with van der Waals surface area (Å²) in [5, 5.41) is 4.12. The number of aromatic nitrogens is 2. The number of cyclic esters (lactones) is 1. The van der Waals surface area contributed by atoms with Crippen LogP contribution in [0.5, 0.6) is 0 Å². The van der Waals surface area contributed by atoms with Gasteiger partial charge in [0.15, 0.2) is 5.82 Å². The van der Waals surface area contributed by atoms with Crippen LogP contribution in [0.3, 0.4) is 0 Å². The second-order valence-corrected chi connectivity index (χ2v) is 6.19. The number of nitrogens with zero attached hydrogens (tertiary/aromatic N) is 4. The minimum absolute atomic E-state index is 0.174. The maximum atomic E-state index is 11.5. The Morgan fingerprint density at radius 2 is 2.10 bits per heavy atom. The van der Waals surface area contributed by atoms with Crippen molar-refractivity contribution in [1.82, 2.24) is 19.9 Å². The summed E-state index contributed by atoms with van der Waals surface area (Å²) in [4.78, 5) is 20.1. The molecule has 2 aliphatic heterocycles. The molecule has 3 aliphatic rings. The van der Waals surface area contributed by atoms with Crippen LogP contribution in [0.25, 0.3) is 0 Å². The second-order valence-electron chi connectivity index (χ2n) is 6.19. The molecule has 0 radical (unpaired) electrons. The van der Waals surface area contributed by atoms with Gasteiger partial charge >= 0.3 is 6.09 Å². The SMILES string of the molecule is O=C1OC[C@H]2CN(Cc3noc(C4CCCC4)n3)CCN12. The fourth-order valence-corrected chi connectivity index (χ4v) is 3.57. The largest absolute Gasteiger partial charge is 0.447 e. The van der Waals surface area contributed by atoms with E-state index >= 15 is 0 Å². The molecule has 1 atom stereocenters. The molecule has 0 aromatic carbocycles. The Labute approximate surface area is 123 Å². The Bertz CT molecular complexity index is 526. The lowest BCUT2D eigenvalue weighted by atomic mass is 10.1. The maximum Gasteiger partial charge on any atom is 0.410 e. The Hall–Kier alpha value is -1.63. The summed E-state index contributed by atoms with van der Waals surface area (Å²) in [6.07, 6.45) is 4.69. The van der Waals surface area contributed by atoms with Crippen LogP contribution in [0.1, 0.15) is 43.3 Å². The van der Waals surface area contributed by atoms with Crippen molar-refractivity contribution < 1.29 is 14.1 Å². The molecular weight excluding hydrogens is 272 g/mol. The van der Waals surface area contributed by atoms with Crippen molar-refractivity contribution in [3.8, 4) is 0 Å².